The molecule has 2 aromatic carbocycles. The van der Waals surface area contributed by atoms with Crippen molar-refractivity contribution >= 4 is 49.8 Å². The molecule has 0 spiro atoms. The first-order chi connectivity index (χ1) is 16.9. The van der Waals surface area contributed by atoms with Gasteiger partial charge in [-0.05, 0) is 31.2 Å². The van der Waals surface area contributed by atoms with Crippen LogP contribution in [0.25, 0.3) is 11.4 Å². The summed E-state index contributed by atoms with van der Waals surface area (Å²) >= 11 is 2.45. The number of carbonyl (C=O) groups excluding carboxylic acids is 1. The van der Waals surface area contributed by atoms with Crippen molar-refractivity contribution in [2.24, 2.45) is 0 Å². The molecule has 180 valence electrons. The van der Waals surface area contributed by atoms with Crippen molar-refractivity contribution in [1.29, 1.82) is 0 Å². The van der Waals surface area contributed by atoms with Gasteiger partial charge in [-0.15, -0.1) is 28.1 Å². The van der Waals surface area contributed by atoms with Crippen molar-refractivity contribution in [2.45, 2.75) is 23.5 Å². The summed E-state index contributed by atoms with van der Waals surface area (Å²) in [5.74, 6) is 0.557. The summed E-state index contributed by atoms with van der Waals surface area (Å²) in [5, 5.41) is 13.9. The number of thiazole rings is 1. The van der Waals surface area contributed by atoms with Crippen molar-refractivity contribution in [1.82, 2.24) is 19.7 Å². The third kappa shape index (κ3) is 6.15. The number of benzene rings is 2. The molecule has 0 unspecified atom stereocenters. The van der Waals surface area contributed by atoms with E-state index in [1.807, 2.05) is 35.8 Å². The number of hydrogen-bond donors (Lipinski definition) is 2. The third-order valence-electron chi connectivity index (χ3n) is 4.77. The Hall–Kier alpha value is -3.48. The highest BCUT2D eigenvalue weighted by atomic mass is 32.2. The Kier molecular flexibility index (Phi) is 7.63. The molecule has 9 nitrogen and oxygen atoms in total. The average Bonchev–Trinajstić information content (AvgIpc) is 3.49. The first-order valence-electron chi connectivity index (χ1n) is 10.4. The number of aryl methyl sites for hydroxylation is 1. The van der Waals surface area contributed by atoms with Crippen LogP contribution in [-0.4, -0.2) is 39.8 Å². The highest BCUT2D eigenvalue weighted by molar-refractivity contribution is 7.99. The largest absolute Gasteiger partial charge is 0.325 e. The first-order valence-corrected chi connectivity index (χ1v) is 13.8. The normalized spacial score (nSPS) is 11.2. The number of nitrogens with one attached hydrogen (secondary N) is 2. The van der Waals surface area contributed by atoms with Gasteiger partial charge in [0.1, 0.15) is 0 Å². The van der Waals surface area contributed by atoms with Crippen LogP contribution in [0.15, 0.2) is 82.8 Å². The Labute approximate surface area is 211 Å². The van der Waals surface area contributed by atoms with Crippen molar-refractivity contribution in [3.63, 3.8) is 0 Å². The number of rotatable bonds is 10. The van der Waals surface area contributed by atoms with E-state index in [9.17, 15) is 13.2 Å². The summed E-state index contributed by atoms with van der Waals surface area (Å²) < 4.78 is 29.2. The molecule has 0 saturated carbocycles. The van der Waals surface area contributed by atoms with E-state index in [0.717, 1.165) is 11.1 Å². The molecule has 2 heterocycles. The second-order valence-corrected chi connectivity index (χ2v) is 10.9. The van der Waals surface area contributed by atoms with E-state index in [4.69, 9.17) is 0 Å². The molecule has 0 radical (unpaired) electrons. The number of hydrogen-bond acceptors (Lipinski definition) is 8. The van der Waals surface area contributed by atoms with Gasteiger partial charge in [-0.1, -0.05) is 47.7 Å². The van der Waals surface area contributed by atoms with Crippen LogP contribution < -0.4 is 10.0 Å². The summed E-state index contributed by atoms with van der Waals surface area (Å²) in [6.45, 7) is 6.33. The molecule has 0 saturated heterocycles. The minimum atomic E-state index is -3.75. The molecule has 0 aliphatic rings. The van der Waals surface area contributed by atoms with E-state index >= 15 is 0 Å². The minimum Gasteiger partial charge on any atom is -0.325 e. The van der Waals surface area contributed by atoms with Crippen LogP contribution >= 0.6 is 23.1 Å². The molecular formula is C23H22N6O3S3. The van der Waals surface area contributed by atoms with Gasteiger partial charge in [0.15, 0.2) is 16.1 Å². The number of nitrogens with zero attached hydrogens (tertiary/aromatic N) is 4. The smallest absolute Gasteiger partial charge is 0.263 e. The number of allylic oxidation sites excluding steroid dienone is 1. The maximum atomic E-state index is 12.5. The molecule has 0 fully saturated rings. The predicted octanol–water partition coefficient (Wildman–Crippen LogP) is 4.43. The van der Waals surface area contributed by atoms with E-state index in [-0.39, 0.29) is 21.7 Å². The van der Waals surface area contributed by atoms with E-state index < -0.39 is 10.0 Å². The number of anilines is 2. The Morgan fingerprint density at radius 2 is 1.89 bits per heavy atom. The van der Waals surface area contributed by atoms with Crippen molar-refractivity contribution in [3.05, 3.63) is 78.3 Å². The Bertz CT molecular complexity index is 1410. The lowest BCUT2D eigenvalue weighted by Crippen LogP contribution is -2.15. The van der Waals surface area contributed by atoms with Crippen molar-refractivity contribution in [2.75, 3.05) is 15.8 Å². The summed E-state index contributed by atoms with van der Waals surface area (Å²) in [7, 11) is -3.75. The molecule has 2 aromatic heterocycles. The monoisotopic (exact) mass is 526 g/mol. The number of sulfonamides is 1. The third-order valence-corrected chi connectivity index (χ3v) is 7.91. The molecule has 12 heteroatoms. The molecular weight excluding hydrogens is 504 g/mol. The second kappa shape index (κ2) is 10.8. The summed E-state index contributed by atoms with van der Waals surface area (Å²) in [6.07, 6.45) is 3.27. The molecule has 0 atom stereocenters. The zero-order chi connectivity index (χ0) is 24.8. The van der Waals surface area contributed by atoms with Gasteiger partial charge < -0.3 is 5.32 Å². The number of amides is 1. The number of carbonyl (C=O) groups is 1. The summed E-state index contributed by atoms with van der Waals surface area (Å²) in [6, 6.07) is 13.9. The Balaban J connectivity index is 1.38. The number of aromatic nitrogens is 4. The van der Waals surface area contributed by atoms with Crippen LogP contribution in [0, 0.1) is 6.92 Å². The molecule has 1 amide bonds. The van der Waals surface area contributed by atoms with Gasteiger partial charge in [0.25, 0.3) is 10.0 Å². The predicted molar refractivity (Wildman–Crippen MR) is 139 cm³/mol. The van der Waals surface area contributed by atoms with E-state index in [0.29, 0.717) is 23.2 Å². The quantitative estimate of drug-likeness (QED) is 0.232. The molecule has 4 aromatic rings. The second-order valence-electron chi connectivity index (χ2n) is 7.38. The van der Waals surface area contributed by atoms with E-state index in [2.05, 4.69) is 31.8 Å². The van der Waals surface area contributed by atoms with Gasteiger partial charge in [-0.3, -0.25) is 14.1 Å². The standard InChI is InChI=1S/C23H22N6O3S3/c1-3-13-29-21(17-6-4-16(2)5-7-17)26-27-23(29)34-15-20(30)25-18-8-10-19(11-9-18)35(31,32)28-22-24-12-14-33-22/h3-12,14H,1,13,15H2,2H3,(H,24,28)(H,25,30). The van der Waals surface area contributed by atoms with Crippen LogP contribution in [0.2, 0.25) is 0 Å². The zero-order valence-electron chi connectivity index (χ0n) is 18.7. The molecule has 2 N–H and O–H groups in total. The summed E-state index contributed by atoms with van der Waals surface area (Å²) in [5.41, 5.74) is 2.56. The van der Waals surface area contributed by atoms with Crippen LogP contribution in [0.5, 0.6) is 0 Å². The fourth-order valence-electron chi connectivity index (χ4n) is 3.10. The maximum Gasteiger partial charge on any atom is 0.263 e. The molecule has 0 aliphatic heterocycles. The molecule has 0 aliphatic carbocycles. The van der Waals surface area contributed by atoms with Gasteiger partial charge in [0, 0.05) is 29.4 Å². The lowest BCUT2D eigenvalue weighted by atomic mass is 10.1. The molecule has 0 bridgehead atoms. The van der Waals surface area contributed by atoms with E-state index in [1.165, 1.54) is 53.6 Å². The van der Waals surface area contributed by atoms with Crippen LogP contribution in [-0.2, 0) is 21.4 Å². The number of thioether (sulfide) groups is 1. The zero-order valence-corrected chi connectivity index (χ0v) is 21.2. The van der Waals surface area contributed by atoms with Gasteiger partial charge in [-0.25, -0.2) is 13.4 Å². The van der Waals surface area contributed by atoms with E-state index in [1.54, 1.807) is 11.5 Å². The maximum absolute atomic E-state index is 12.5. The summed E-state index contributed by atoms with van der Waals surface area (Å²) in [4.78, 5) is 16.5. The van der Waals surface area contributed by atoms with Gasteiger partial charge in [-0.2, -0.15) is 0 Å². The molecule has 35 heavy (non-hydrogen) atoms. The van der Waals surface area contributed by atoms with Crippen molar-refractivity contribution in [3.8, 4) is 11.4 Å². The molecule has 4 rings (SSSR count). The van der Waals surface area contributed by atoms with Gasteiger partial charge in [0.05, 0.1) is 10.6 Å². The highest BCUT2D eigenvalue weighted by Crippen LogP contribution is 2.25. The van der Waals surface area contributed by atoms with Crippen LogP contribution in [0.3, 0.4) is 0 Å². The highest BCUT2D eigenvalue weighted by Gasteiger charge is 2.17. The Morgan fingerprint density at radius 3 is 2.54 bits per heavy atom. The van der Waals surface area contributed by atoms with Gasteiger partial charge >= 0.3 is 0 Å². The fourth-order valence-corrected chi connectivity index (χ4v) is 5.63. The van der Waals surface area contributed by atoms with Crippen molar-refractivity contribution < 1.29 is 13.2 Å². The first kappa shape index (κ1) is 24.6. The Morgan fingerprint density at radius 1 is 1.14 bits per heavy atom. The topological polar surface area (TPSA) is 119 Å². The SMILES string of the molecule is C=CCn1c(SCC(=O)Nc2ccc(S(=O)(=O)Nc3nccs3)cc2)nnc1-c1ccc(C)cc1. The lowest BCUT2D eigenvalue weighted by Gasteiger charge is -2.09. The lowest BCUT2D eigenvalue weighted by molar-refractivity contribution is -0.113. The fraction of sp³-hybridized carbons (Fsp3) is 0.130. The van der Waals surface area contributed by atoms with Crippen LogP contribution in [0.4, 0.5) is 10.8 Å². The minimum absolute atomic E-state index is 0.0706. The van der Waals surface area contributed by atoms with Crippen LogP contribution in [0.1, 0.15) is 5.56 Å². The average molecular weight is 527 g/mol. The van der Waals surface area contributed by atoms with Gasteiger partial charge in [0.2, 0.25) is 5.91 Å².